The van der Waals surface area contributed by atoms with Gasteiger partial charge in [-0.15, -0.1) is 0 Å². The number of esters is 1. The van der Waals surface area contributed by atoms with Crippen molar-refractivity contribution in [3.05, 3.63) is 203 Å². The highest BCUT2D eigenvalue weighted by molar-refractivity contribution is 6.08. The molecule has 2 aliphatic heterocycles. The van der Waals surface area contributed by atoms with E-state index in [-0.39, 0.29) is 33.2 Å². The van der Waals surface area contributed by atoms with E-state index in [1.54, 1.807) is 6.20 Å². The summed E-state index contributed by atoms with van der Waals surface area (Å²) < 4.78 is 54.8. The van der Waals surface area contributed by atoms with Crippen LogP contribution in [0.25, 0.3) is 10.9 Å². The van der Waals surface area contributed by atoms with Crippen LogP contribution in [-0.2, 0) is 68.2 Å². The third-order valence-corrected chi connectivity index (χ3v) is 10.8. The Balaban J connectivity index is 1.09. The standard InChI is InChI=1S/C51H47NO9/c53-50-41-28-52(35-55-30-37-18-8-2-9-19-37)42-26-27-43(56-31-38-20-10-3-11-21-38)46(45(41)42)61-51-49(60-50)48(58-33-40-24-14-5-15-25-40)47(57-32-39-22-12-4-13-23-39)44(59-51)34-54-29-36-16-6-1-7-17-36/h1-28,44,47-49,51H,29-35H2/t44-,47-,48+,49-,51+/m1/s1. The van der Waals surface area contributed by atoms with Crippen LogP contribution in [0.15, 0.2) is 170 Å². The van der Waals surface area contributed by atoms with Crippen molar-refractivity contribution in [1.82, 2.24) is 4.57 Å². The van der Waals surface area contributed by atoms with Crippen LogP contribution < -0.4 is 9.47 Å². The van der Waals surface area contributed by atoms with E-state index in [1.165, 1.54) is 0 Å². The van der Waals surface area contributed by atoms with Gasteiger partial charge in [-0.1, -0.05) is 152 Å². The van der Waals surface area contributed by atoms with Crippen molar-refractivity contribution >= 4 is 16.9 Å². The van der Waals surface area contributed by atoms with Crippen LogP contribution in [0.1, 0.15) is 38.2 Å². The quantitative estimate of drug-likeness (QED) is 0.0834. The Morgan fingerprint density at radius 2 is 1.03 bits per heavy atom. The van der Waals surface area contributed by atoms with Gasteiger partial charge >= 0.3 is 5.97 Å². The van der Waals surface area contributed by atoms with Gasteiger partial charge in [0.15, 0.2) is 17.6 Å². The van der Waals surface area contributed by atoms with Gasteiger partial charge in [-0.05, 0) is 39.9 Å². The predicted octanol–water partition coefficient (Wildman–Crippen LogP) is 9.42. The number of benzene rings is 6. The van der Waals surface area contributed by atoms with Crippen LogP contribution >= 0.6 is 0 Å². The molecule has 0 N–H and O–H groups in total. The first-order valence-corrected chi connectivity index (χ1v) is 20.6. The highest BCUT2D eigenvalue weighted by Crippen LogP contribution is 2.44. The van der Waals surface area contributed by atoms with E-state index in [2.05, 4.69) is 0 Å². The number of nitrogens with zero attached hydrogens (tertiary/aromatic N) is 1. The maximum Gasteiger partial charge on any atom is 0.341 e. The fourth-order valence-electron chi connectivity index (χ4n) is 7.73. The van der Waals surface area contributed by atoms with Crippen LogP contribution in [0.3, 0.4) is 0 Å². The van der Waals surface area contributed by atoms with Gasteiger partial charge in [0, 0.05) is 6.20 Å². The smallest absolute Gasteiger partial charge is 0.341 e. The van der Waals surface area contributed by atoms with Crippen molar-refractivity contribution in [3.8, 4) is 11.5 Å². The lowest BCUT2D eigenvalue weighted by atomic mass is 9.97. The summed E-state index contributed by atoms with van der Waals surface area (Å²) in [6.07, 6.45) is -2.73. The van der Waals surface area contributed by atoms with E-state index in [9.17, 15) is 4.79 Å². The summed E-state index contributed by atoms with van der Waals surface area (Å²) >= 11 is 0. The molecule has 2 aliphatic rings. The van der Waals surface area contributed by atoms with Crippen molar-refractivity contribution in [2.75, 3.05) is 6.61 Å². The number of aromatic nitrogens is 1. The second kappa shape index (κ2) is 19.4. The first-order chi connectivity index (χ1) is 30.2. The topological polar surface area (TPSA) is 95.8 Å². The van der Waals surface area contributed by atoms with Crippen LogP contribution in [0.5, 0.6) is 11.5 Å². The van der Waals surface area contributed by atoms with E-state index < -0.39 is 36.7 Å². The summed E-state index contributed by atoms with van der Waals surface area (Å²) in [5.74, 6) is 0.231. The molecule has 0 unspecified atom stereocenters. The zero-order chi connectivity index (χ0) is 41.2. The van der Waals surface area contributed by atoms with Gasteiger partial charge in [0.25, 0.3) is 0 Å². The maximum atomic E-state index is 14.7. The van der Waals surface area contributed by atoms with Crippen LogP contribution in [-0.4, -0.2) is 47.8 Å². The fourth-order valence-corrected chi connectivity index (χ4v) is 7.73. The maximum absolute atomic E-state index is 14.7. The lowest BCUT2D eigenvalue weighted by Gasteiger charge is -2.45. The Morgan fingerprint density at radius 3 is 1.61 bits per heavy atom. The second-order valence-corrected chi connectivity index (χ2v) is 15.1. The van der Waals surface area contributed by atoms with Crippen LogP contribution in [0, 0.1) is 0 Å². The molecule has 0 bridgehead atoms. The Labute approximate surface area is 355 Å². The van der Waals surface area contributed by atoms with Gasteiger partial charge in [-0.25, -0.2) is 4.79 Å². The molecule has 10 nitrogen and oxygen atoms in total. The summed E-state index contributed by atoms with van der Waals surface area (Å²) in [4.78, 5) is 14.7. The van der Waals surface area contributed by atoms with Gasteiger partial charge in [-0.2, -0.15) is 0 Å². The summed E-state index contributed by atoms with van der Waals surface area (Å²) in [5.41, 5.74) is 5.94. The predicted molar refractivity (Wildman–Crippen MR) is 229 cm³/mol. The van der Waals surface area contributed by atoms with Crippen molar-refractivity contribution in [2.45, 2.75) is 70.5 Å². The molecule has 61 heavy (non-hydrogen) atoms. The molecule has 0 aliphatic carbocycles. The summed E-state index contributed by atoms with van der Waals surface area (Å²) in [7, 11) is 0. The van der Waals surface area contributed by atoms with Crippen LogP contribution in [0.2, 0.25) is 0 Å². The molecule has 5 atom stereocenters. The van der Waals surface area contributed by atoms with Gasteiger partial charge < -0.3 is 42.5 Å². The molecule has 9 rings (SSSR count). The Hall–Kier alpha value is -6.27. The van der Waals surface area contributed by atoms with Gasteiger partial charge in [0.2, 0.25) is 6.29 Å². The zero-order valence-corrected chi connectivity index (χ0v) is 33.6. The van der Waals surface area contributed by atoms with E-state index in [4.69, 9.17) is 37.9 Å². The Bertz CT molecular complexity index is 2460. The minimum absolute atomic E-state index is 0.141. The Kier molecular flexibility index (Phi) is 12.8. The second-order valence-electron chi connectivity index (χ2n) is 15.1. The highest BCUT2D eigenvalue weighted by Gasteiger charge is 2.52. The summed E-state index contributed by atoms with van der Waals surface area (Å²) in [6.45, 7) is 1.80. The first kappa shape index (κ1) is 40.2. The third kappa shape index (κ3) is 9.70. The number of carbonyl (C=O) groups excluding carboxylic acids is 1. The van der Waals surface area contributed by atoms with Crippen LogP contribution in [0.4, 0.5) is 0 Å². The van der Waals surface area contributed by atoms with E-state index in [0.717, 1.165) is 27.8 Å². The summed E-state index contributed by atoms with van der Waals surface area (Å²) in [6, 6.07) is 53.3. The lowest BCUT2D eigenvalue weighted by molar-refractivity contribution is -0.299. The molecule has 0 amide bonds. The molecule has 10 heteroatoms. The van der Waals surface area contributed by atoms with Gasteiger partial charge in [0.1, 0.15) is 31.6 Å². The molecule has 1 aromatic heterocycles. The zero-order valence-electron chi connectivity index (χ0n) is 33.6. The van der Waals surface area contributed by atoms with E-state index in [1.807, 2.05) is 168 Å². The average molecular weight is 818 g/mol. The lowest BCUT2D eigenvalue weighted by Crippen LogP contribution is -2.63. The Morgan fingerprint density at radius 1 is 0.525 bits per heavy atom. The molecule has 0 saturated carbocycles. The van der Waals surface area contributed by atoms with E-state index in [0.29, 0.717) is 41.2 Å². The molecule has 3 heterocycles. The molecular formula is C51H47NO9. The number of rotatable bonds is 17. The third-order valence-electron chi connectivity index (χ3n) is 10.8. The molecule has 6 aromatic carbocycles. The van der Waals surface area contributed by atoms with Crippen molar-refractivity contribution < 1.29 is 42.7 Å². The fraction of sp³-hybridized carbons (Fsp3) is 0.235. The number of fused-ring (bicyclic) bond motifs is 1. The average Bonchev–Trinajstić information content (AvgIpc) is 3.68. The molecule has 310 valence electrons. The van der Waals surface area contributed by atoms with Gasteiger partial charge in [0.05, 0.1) is 49.5 Å². The van der Waals surface area contributed by atoms with Gasteiger partial charge in [-0.3, -0.25) is 0 Å². The number of hydrogen-bond donors (Lipinski definition) is 0. The van der Waals surface area contributed by atoms with E-state index >= 15 is 0 Å². The number of ether oxygens (including phenoxy) is 8. The minimum Gasteiger partial charge on any atom is -0.485 e. The normalized spacial score (nSPS) is 19.6. The minimum atomic E-state index is -1.14. The number of hydrogen-bond acceptors (Lipinski definition) is 9. The monoisotopic (exact) mass is 817 g/mol. The molecule has 0 radical (unpaired) electrons. The highest BCUT2D eigenvalue weighted by atomic mass is 16.7. The molecule has 1 saturated heterocycles. The van der Waals surface area contributed by atoms with Crippen molar-refractivity contribution in [2.24, 2.45) is 0 Å². The van der Waals surface area contributed by atoms with Crippen molar-refractivity contribution in [1.29, 1.82) is 0 Å². The van der Waals surface area contributed by atoms with Crippen molar-refractivity contribution in [3.63, 3.8) is 0 Å². The molecule has 1 fully saturated rings. The SMILES string of the molecule is O=C1O[C@H]2[C@H](Oc3c(OCc4ccccc4)ccc4c3c1cn4COCc1ccccc1)O[C@H](COCc1ccccc1)[C@@H](OCc1ccccc1)[C@@H]2OCc1ccccc1. The first-order valence-electron chi connectivity index (χ1n) is 20.6. The summed E-state index contributed by atoms with van der Waals surface area (Å²) in [5, 5.41) is 0.530. The molecule has 7 aromatic rings. The molecular weight excluding hydrogens is 771 g/mol. The molecule has 0 spiro atoms. The largest absolute Gasteiger partial charge is 0.485 e. The number of carbonyl (C=O) groups is 1.